The van der Waals surface area contributed by atoms with E-state index >= 15 is 0 Å². The van der Waals surface area contributed by atoms with E-state index in [-0.39, 0.29) is 0 Å². The zero-order valence-electron chi connectivity index (χ0n) is 6.90. The van der Waals surface area contributed by atoms with E-state index < -0.39 is 0 Å². The molecule has 4 nitrogen and oxygen atoms in total. The highest BCUT2D eigenvalue weighted by Crippen LogP contribution is 1.95. The molecule has 0 aliphatic heterocycles. The van der Waals surface area contributed by atoms with Crippen molar-refractivity contribution >= 4 is 11.7 Å². The molecular formula is C8H12N3O+. The van der Waals surface area contributed by atoms with Gasteiger partial charge in [-0.3, -0.25) is 0 Å². The smallest absolute Gasteiger partial charge is 0.417 e. The summed E-state index contributed by atoms with van der Waals surface area (Å²) in [6, 6.07) is 10.1. The van der Waals surface area contributed by atoms with Gasteiger partial charge in [-0.15, -0.1) is 0 Å². The van der Waals surface area contributed by atoms with E-state index in [0.717, 1.165) is 5.69 Å². The number of hydrogen-bond acceptors (Lipinski definition) is 3. The lowest BCUT2D eigenvalue weighted by atomic mass is 10.3. The van der Waals surface area contributed by atoms with Gasteiger partial charge in [-0.1, -0.05) is 23.3 Å². The Morgan fingerprint density at radius 1 is 1.42 bits per heavy atom. The summed E-state index contributed by atoms with van der Waals surface area (Å²) < 4.78 is 4.87. The maximum absolute atomic E-state index is 5.06. The number of hydrazone groups is 1. The molecule has 12 heavy (non-hydrogen) atoms. The Morgan fingerprint density at radius 2 is 2.08 bits per heavy atom. The number of rotatable bonds is 1. The topological polar surface area (TPSA) is 64.2 Å². The number of ether oxygens (including phenoxy) is 1. The molecule has 0 spiro atoms. The monoisotopic (exact) mass is 166 g/mol. The van der Waals surface area contributed by atoms with Gasteiger partial charge in [0.25, 0.3) is 0 Å². The lowest BCUT2D eigenvalue weighted by Crippen LogP contribution is -2.83. The second-order valence-corrected chi connectivity index (χ2v) is 2.23. The lowest BCUT2D eigenvalue weighted by molar-refractivity contribution is -0.464. The van der Waals surface area contributed by atoms with Crippen LogP contribution in [0.2, 0.25) is 0 Å². The average molecular weight is 166 g/mol. The quantitative estimate of drug-likeness (QED) is 0.199. The lowest BCUT2D eigenvalue weighted by Gasteiger charge is -1.99. The standard InChI is InChI=1S/C8H11N3O/c1-12-8(11-9)10-7-5-3-2-4-6-7/h2-6H,9H2,1H3,(H,10,11)/p+1. The number of hydrogen-bond donors (Lipinski definition) is 2. The molecule has 0 saturated heterocycles. The first-order valence-corrected chi connectivity index (χ1v) is 3.58. The second-order valence-electron chi connectivity index (χ2n) is 2.23. The summed E-state index contributed by atoms with van der Waals surface area (Å²) in [5.41, 5.74) is 1.02. The first kappa shape index (κ1) is 8.55. The molecule has 0 radical (unpaired) electrons. The molecule has 1 aromatic carbocycles. The van der Waals surface area contributed by atoms with Gasteiger partial charge in [-0.2, -0.15) is 0 Å². The van der Waals surface area contributed by atoms with Gasteiger partial charge in [-0.05, 0) is 12.1 Å². The molecule has 0 aromatic heterocycles. The predicted molar refractivity (Wildman–Crippen MR) is 46.7 cm³/mol. The van der Waals surface area contributed by atoms with Crippen LogP contribution in [-0.2, 0) is 4.74 Å². The maximum atomic E-state index is 5.06. The van der Waals surface area contributed by atoms with Gasteiger partial charge in [0, 0.05) is 0 Å². The maximum Gasteiger partial charge on any atom is 0.417 e. The van der Waals surface area contributed by atoms with Crippen molar-refractivity contribution in [3.8, 4) is 0 Å². The zero-order valence-corrected chi connectivity index (χ0v) is 6.90. The molecule has 0 heterocycles. The highest BCUT2D eigenvalue weighted by Gasteiger charge is 2.02. The van der Waals surface area contributed by atoms with Gasteiger partial charge in [0.2, 0.25) is 0 Å². The fourth-order valence-corrected chi connectivity index (χ4v) is 0.841. The molecule has 0 amide bonds. The van der Waals surface area contributed by atoms with Gasteiger partial charge < -0.3 is 10.6 Å². The van der Waals surface area contributed by atoms with E-state index in [4.69, 9.17) is 10.6 Å². The number of quaternary nitrogens is 1. The first-order chi connectivity index (χ1) is 5.86. The average Bonchev–Trinajstić information content (AvgIpc) is 2.16. The van der Waals surface area contributed by atoms with Crippen molar-refractivity contribution in [3.63, 3.8) is 0 Å². The summed E-state index contributed by atoms with van der Waals surface area (Å²) in [5, 5.41) is 5.20. The predicted octanol–water partition coefficient (Wildman–Crippen LogP) is -0.242. The summed E-state index contributed by atoms with van der Waals surface area (Å²) >= 11 is 0. The third kappa shape index (κ3) is 2.25. The van der Waals surface area contributed by atoms with E-state index in [2.05, 4.69) is 5.10 Å². The summed E-state index contributed by atoms with van der Waals surface area (Å²) in [7, 11) is 1.53. The molecular weight excluding hydrogens is 154 g/mol. The van der Waals surface area contributed by atoms with Crippen molar-refractivity contribution in [2.24, 2.45) is 10.9 Å². The Kier molecular flexibility index (Phi) is 3.10. The molecule has 64 valence electrons. The number of benzene rings is 1. The minimum absolute atomic E-state index is 0.418. The van der Waals surface area contributed by atoms with Crippen LogP contribution in [0.25, 0.3) is 0 Å². The largest absolute Gasteiger partial charge is 0.439 e. The molecule has 0 aliphatic rings. The van der Waals surface area contributed by atoms with Gasteiger partial charge in [-0.25, -0.2) is 5.32 Å². The Hall–Kier alpha value is -1.55. The van der Waals surface area contributed by atoms with Crippen LogP contribution in [0.4, 0.5) is 5.69 Å². The Labute approximate surface area is 71.0 Å². The van der Waals surface area contributed by atoms with Crippen molar-refractivity contribution in [1.82, 2.24) is 0 Å². The number of nitrogens with two attached hydrogens (primary N) is 2. The van der Waals surface area contributed by atoms with Crippen LogP contribution in [0.5, 0.6) is 0 Å². The minimum atomic E-state index is 0.418. The number of methoxy groups -OCH3 is 1. The fourth-order valence-electron chi connectivity index (χ4n) is 0.841. The SMILES string of the molecule is CO/C(=N/N)[NH2+]c1ccccc1. The van der Waals surface area contributed by atoms with E-state index in [1.807, 2.05) is 30.3 Å². The van der Waals surface area contributed by atoms with Crippen LogP contribution in [0.3, 0.4) is 0 Å². The van der Waals surface area contributed by atoms with Crippen LogP contribution in [0, 0.1) is 0 Å². The molecule has 0 atom stereocenters. The zero-order chi connectivity index (χ0) is 8.81. The molecule has 0 unspecified atom stereocenters. The molecule has 0 bridgehead atoms. The number of para-hydroxylation sites is 1. The van der Waals surface area contributed by atoms with Gasteiger partial charge in [0.15, 0.2) is 0 Å². The van der Waals surface area contributed by atoms with Gasteiger partial charge in [0.1, 0.15) is 5.69 Å². The van der Waals surface area contributed by atoms with Crippen molar-refractivity contribution in [2.75, 3.05) is 7.11 Å². The van der Waals surface area contributed by atoms with Crippen LogP contribution in [0.15, 0.2) is 35.4 Å². The van der Waals surface area contributed by atoms with Crippen molar-refractivity contribution in [1.29, 1.82) is 0 Å². The highest BCUT2D eigenvalue weighted by atomic mass is 16.5. The first-order valence-electron chi connectivity index (χ1n) is 3.58. The molecule has 0 saturated carbocycles. The summed E-state index contributed by atoms with van der Waals surface area (Å²) in [4.78, 5) is 0. The summed E-state index contributed by atoms with van der Waals surface area (Å²) in [6.07, 6.45) is 0. The van der Waals surface area contributed by atoms with Crippen molar-refractivity contribution in [3.05, 3.63) is 30.3 Å². The normalized spacial score (nSPS) is 11.2. The van der Waals surface area contributed by atoms with E-state index in [0.29, 0.717) is 6.02 Å². The molecule has 0 fully saturated rings. The van der Waals surface area contributed by atoms with Crippen molar-refractivity contribution < 1.29 is 10.1 Å². The Balaban J connectivity index is 2.64. The van der Waals surface area contributed by atoms with E-state index in [1.165, 1.54) is 7.11 Å². The molecule has 1 rings (SSSR count). The van der Waals surface area contributed by atoms with E-state index in [1.54, 1.807) is 5.32 Å². The van der Waals surface area contributed by atoms with Crippen LogP contribution < -0.4 is 11.2 Å². The third-order valence-electron chi connectivity index (χ3n) is 1.43. The summed E-state index contributed by atoms with van der Waals surface area (Å²) in [5.74, 6) is 5.06. The Morgan fingerprint density at radius 3 is 2.58 bits per heavy atom. The van der Waals surface area contributed by atoms with Gasteiger partial charge >= 0.3 is 6.02 Å². The molecule has 0 aliphatic carbocycles. The Bertz CT molecular complexity index is 258. The van der Waals surface area contributed by atoms with Crippen LogP contribution >= 0.6 is 0 Å². The molecule has 4 N–H and O–H groups in total. The third-order valence-corrected chi connectivity index (χ3v) is 1.43. The second kappa shape index (κ2) is 4.35. The highest BCUT2D eigenvalue weighted by molar-refractivity contribution is 5.64. The number of amidine groups is 1. The fraction of sp³-hybridized carbons (Fsp3) is 0.125. The van der Waals surface area contributed by atoms with Crippen LogP contribution in [0.1, 0.15) is 0 Å². The minimum Gasteiger partial charge on any atom is -0.439 e. The van der Waals surface area contributed by atoms with Crippen LogP contribution in [-0.4, -0.2) is 13.1 Å². The van der Waals surface area contributed by atoms with Crippen molar-refractivity contribution in [2.45, 2.75) is 0 Å². The molecule has 1 aromatic rings. The van der Waals surface area contributed by atoms with Gasteiger partial charge in [0.05, 0.1) is 7.11 Å². The number of nitrogens with zero attached hydrogens (tertiary/aromatic N) is 1. The molecule has 4 heteroatoms. The van der Waals surface area contributed by atoms with E-state index in [9.17, 15) is 0 Å². The summed E-state index contributed by atoms with van der Waals surface area (Å²) in [6.45, 7) is 0.